The maximum absolute atomic E-state index is 5.75. The lowest BCUT2D eigenvalue weighted by Gasteiger charge is -2.28. The lowest BCUT2D eigenvalue weighted by Crippen LogP contribution is -2.28. The van der Waals surface area contributed by atoms with Crippen LogP contribution in [0.1, 0.15) is 31.4 Å². The number of hydrogen-bond donors (Lipinski definition) is 1. The molecule has 17 heavy (non-hydrogen) atoms. The summed E-state index contributed by atoms with van der Waals surface area (Å²) in [5.74, 6) is 1.83. The van der Waals surface area contributed by atoms with Crippen molar-refractivity contribution >= 4 is 0 Å². The smallest absolute Gasteiger partial charge is 0.0357 e. The zero-order valence-corrected chi connectivity index (χ0v) is 11.0. The summed E-state index contributed by atoms with van der Waals surface area (Å²) in [6.07, 6.45) is 2.44. The van der Waals surface area contributed by atoms with E-state index in [4.69, 9.17) is 5.73 Å². The number of rotatable bonds is 6. The van der Waals surface area contributed by atoms with Crippen molar-refractivity contribution in [2.45, 2.75) is 25.8 Å². The Hall–Kier alpha value is -0.860. The Bertz CT molecular complexity index is 336. The summed E-state index contributed by atoms with van der Waals surface area (Å²) in [6, 6.07) is 11.2. The highest BCUT2D eigenvalue weighted by molar-refractivity contribution is 5.19. The van der Waals surface area contributed by atoms with Gasteiger partial charge in [-0.05, 0) is 43.8 Å². The molecule has 0 radical (unpaired) electrons. The Balaban J connectivity index is 2.00. The second-order valence-electron chi connectivity index (χ2n) is 5.42. The molecule has 2 heteroatoms. The number of nitrogens with two attached hydrogens (primary N) is 1. The van der Waals surface area contributed by atoms with E-state index in [2.05, 4.69) is 49.2 Å². The van der Waals surface area contributed by atoms with Crippen molar-refractivity contribution < 1.29 is 0 Å². The quantitative estimate of drug-likeness (QED) is 0.817. The van der Waals surface area contributed by atoms with Crippen LogP contribution in [0, 0.1) is 11.8 Å². The minimum atomic E-state index is 0.481. The van der Waals surface area contributed by atoms with Crippen molar-refractivity contribution in [2.75, 3.05) is 20.1 Å². The van der Waals surface area contributed by atoms with Crippen molar-refractivity contribution in [2.24, 2.45) is 17.6 Å². The maximum atomic E-state index is 5.75. The van der Waals surface area contributed by atoms with E-state index < -0.39 is 0 Å². The van der Waals surface area contributed by atoms with Crippen molar-refractivity contribution in [3.05, 3.63) is 35.9 Å². The third kappa shape index (κ3) is 3.30. The van der Waals surface area contributed by atoms with Crippen LogP contribution in [0.2, 0.25) is 0 Å². The third-order valence-electron chi connectivity index (χ3n) is 3.96. The van der Waals surface area contributed by atoms with Crippen molar-refractivity contribution in [3.63, 3.8) is 0 Å². The zero-order valence-electron chi connectivity index (χ0n) is 11.0. The minimum Gasteiger partial charge on any atom is -0.330 e. The third-order valence-corrected chi connectivity index (χ3v) is 3.96. The molecule has 0 aromatic heterocycles. The Kier molecular flexibility index (Phi) is 4.19. The van der Waals surface area contributed by atoms with Gasteiger partial charge in [0.2, 0.25) is 0 Å². The fourth-order valence-electron chi connectivity index (χ4n) is 2.63. The van der Waals surface area contributed by atoms with Crippen molar-refractivity contribution in [3.8, 4) is 0 Å². The van der Waals surface area contributed by atoms with E-state index in [-0.39, 0.29) is 0 Å². The molecule has 94 valence electrons. The molecule has 1 aromatic carbocycles. The molecule has 0 amide bonds. The van der Waals surface area contributed by atoms with Gasteiger partial charge in [-0.25, -0.2) is 0 Å². The molecule has 0 spiro atoms. The van der Waals surface area contributed by atoms with Gasteiger partial charge in [0, 0.05) is 12.6 Å². The van der Waals surface area contributed by atoms with Gasteiger partial charge in [-0.15, -0.1) is 0 Å². The summed E-state index contributed by atoms with van der Waals surface area (Å²) in [6.45, 7) is 4.31. The zero-order chi connectivity index (χ0) is 12.3. The molecule has 1 saturated carbocycles. The van der Waals surface area contributed by atoms with Gasteiger partial charge in [-0.2, -0.15) is 0 Å². The molecule has 0 aliphatic heterocycles. The first-order valence-electron chi connectivity index (χ1n) is 6.67. The van der Waals surface area contributed by atoms with Gasteiger partial charge in [0.05, 0.1) is 0 Å². The highest BCUT2D eigenvalue weighted by atomic mass is 15.1. The monoisotopic (exact) mass is 232 g/mol. The second-order valence-corrected chi connectivity index (χ2v) is 5.42. The topological polar surface area (TPSA) is 29.3 Å². The number of benzene rings is 1. The van der Waals surface area contributed by atoms with Crippen LogP contribution >= 0.6 is 0 Å². The molecule has 2 nitrogen and oxygen atoms in total. The van der Waals surface area contributed by atoms with Gasteiger partial charge in [0.15, 0.2) is 0 Å². The molecule has 2 rings (SSSR count). The van der Waals surface area contributed by atoms with Crippen molar-refractivity contribution in [1.82, 2.24) is 4.90 Å². The van der Waals surface area contributed by atoms with Crippen LogP contribution in [-0.4, -0.2) is 25.0 Å². The summed E-state index contributed by atoms with van der Waals surface area (Å²) in [7, 11) is 2.23. The van der Waals surface area contributed by atoms with Crippen LogP contribution in [0.5, 0.6) is 0 Å². The normalized spacial score (nSPS) is 24.9. The van der Waals surface area contributed by atoms with Crippen molar-refractivity contribution in [1.29, 1.82) is 0 Å². The van der Waals surface area contributed by atoms with Crippen LogP contribution in [0.3, 0.4) is 0 Å². The summed E-state index contributed by atoms with van der Waals surface area (Å²) in [5, 5.41) is 0. The number of nitrogens with zero attached hydrogens (tertiary/aromatic N) is 1. The fraction of sp³-hybridized carbons (Fsp3) is 0.600. The summed E-state index contributed by atoms with van der Waals surface area (Å²) in [4.78, 5) is 2.48. The van der Waals surface area contributed by atoms with Gasteiger partial charge in [0.25, 0.3) is 0 Å². The van der Waals surface area contributed by atoms with Gasteiger partial charge in [0.1, 0.15) is 0 Å². The predicted octanol–water partition coefficient (Wildman–Crippen LogP) is 2.66. The van der Waals surface area contributed by atoms with E-state index in [1.807, 2.05) is 0 Å². The minimum absolute atomic E-state index is 0.481. The Morgan fingerprint density at radius 3 is 2.53 bits per heavy atom. The van der Waals surface area contributed by atoms with Crippen LogP contribution in [0.25, 0.3) is 0 Å². The SMILES string of the molecule is CC1CC1CN(C)C(CCN)c1ccccc1. The highest BCUT2D eigenvalue weighted by Gasteiger charge is 2.34. The first-order valence-corrected chi connectivity index (χ1v) is 6.67. The summed E-state index contributed by atoms with van der Waals surface area (Å²) in [5.41, 5.74) is 7.15. The van der Waals surface area contributed by atoms with E-state index in [1.165, 1.54) is 18.5 Å². The molecule has 3 unspecified atom stereocenters. The molecular weight excluding hydrogens is 208 g/mol. The Labute approximate surface area is 105 Å². The maximum Gasteiger partial charge on any atom is 0.0357 e. The van der Waals surface area contributed by atoms with E-state index >= 15 is 0 Å². The van der Waals surface area contributed by atoms with Crippen LogP contribution in [-0.2, 0) is 0 Å². The fourth-order valence-corrected chi connectivity index (χ4v) is 2.63. The van der Waals surface area contributed by atoms with Crippen LogP contribution in [0.15, 0.2) is 30.3 Å². The molecule has 3 atom stereocenters. The molecule has 1 aromatic rings. The largest absolute Gasteiger partial charge is 0.330 e. The van der Waals surface area contributed by atoms with Crippen LogP contribution in [0.4, 0.5) is 0 Å². The molecule has 2 N–H and O–H groups in total. The average Bonchev–Trinajstić information content (AvgIpc) is 3.02. The summed E-state index contributed by atoms with van der Waals surface area (Å²) < 4.78 is 0. The van der Waals surface area contributed by atoms with Gasteiger partial charge < -0.3 is 5.73 Å². The first kappa shape index (κ1) is 12.6. The lowest BCUT2D eigenvalue weighted by molar-refractivity contribution is 0.223. The van der Waals surface area contributed by atoms with E-state index in [1.54, 1.807) is 0 Å². The van der Waals surface area contributed by atoms with E-state index in [9.17, 15) is 0 Å². The number of hydrogen-bond acceptors (Lipinski definition) is 2. The molecule has 0 saturated heterocycles. The Morgan fingerprint density at radius 2 is 2.00 bits per heavy atom. The van der Waals surface area contributed by atoms with Gasteiger partial charge in [-0.3, -0.25) is 4.90 Å². The second kappa shape index (κ2) is 5.65. The molecular formula is C15H24N2. The molecule has 1 fully saturated rings. The molecule has 1 aliphatic carbocycles. The van der Waals surface area contributed by atoms with E-state index in [0.717, 1.165) is 24.8 Å². The molecule has 0 heterocycles. The van der Waals surface area contributed by atoms with Crippen LogP contribution < -0.4 is 5.73 Å². The molecule has 1 aliphatic rings. The first-order chi connectivity index (χ1) is 8.22. The molecule has 0 bridgehead atoms. The summed E-state index contributed by atoms with van der Waals surface area (Å²) >= 11 is 0. The van der Waals surface area contributed by atoms with Gasteiger partial charge >= 0.3 is 0 Å². The van der Waals surface area contributed by atoms with E-state index in [0.29, 0.717) is 6.04 Å². The standard InChI is InChI=1S/C15H24N2/c1-12-10-14(12)11-17(2)15(8-9-16)13-6-4-3-5-7-13/h3-7,12,14-15H,8-11,16H2,1-2H3. The highest BCUT2D eigenvalue weighted by Crippen LogP contribution is 2.39. The Morgan fingerprint density at radius 1 is 1.35 bits per heavy atom. The van der Waals surface area contributed by atoms with Gasteiger partial charge in [-0.1, -0.05) is 37.3 Å². The average molecular weight is 232 g/mol. The predicted molar refractivity (Wildman–Crippen MR) is 72.8 cm³/mol. The lowest BCUT2D eigenvalue weighted by atomic mass is 10.0.